The number of nitrogens with zero attached hydrogens (tertiary/aromatic N) is 5. The van der Waals surface area contributed by atoms with Crippen LogP contribution >= 0.6 is 0 Å². The first-order valence-electron chi connectivity index (χ1n) is 7.28. The lowest BCUT2D eigenvalue weighted by Crippen LogP contribution is -2.49. The van der Waals surface area contributed by atoms with E-state index in [2.05, 4.69) is 15.2 Å². The van der Waals surface area contributed by atoms with E-state index in [1.165, 1.54) is 0 Å². The number of sulfonamides is 1. The molecule has 2 heterocycles. The van der Waals surface area contributed by atoms with Crippen LogP contribution in [0.15, 0.2) is 47.6 Å². The van der Waals surface area contributed by atoms with Crippen LogP contribution in [0.1, 0.15) is 0 Å². The van der Waals surface area contributed by atoms with Crippen molar-refractivity contribution in [3.05, 3.63) is 42.7 Å². The van der Waals surface area contributed by atoms with E-state index in [0.29, 0.717) is 18.0 Å². The van der Waals surface area contributed by atoms with Crippen LogP contribution in [-0.2, 0) is 16.6 Å². The molecule has 3 rings (SSSR count). The Kier molecular flexibility index (Phi) is 4.51. The van der Waals surface area contributed by atoms with Crippen LogP contribution in [0.4, 0.5) is 0 Å². The van der Waals surface area contributed by atoms with Gasteiger partial charge in [0.15, 0.2) is 0 Å². The molecule has 1 aliphatic rings. The quantitative estimate of drug-likeness (QED) is 0.791. The van der Waals surface area contributed by atoms with E-state index in [1.807, 2.05) is 12.3 Å². The number of aromatic nitrogens is 3. The summed E-state index contributed by atoms with van der Waals surface area (Å²) in [5, 5.41) is 7.70. The minimum absolute atomic E-state index is 0.367. The molecule has 7 nitrogen and oxygen atoms in total. The summed E-state index contributed by atoms with van der Waals surface area (Å²) in [4.78, 5) is 2.62. The van der Waals surface area contributed by atoms with E-state index in [-0.39, 0.29) is 0 Å². The molecule has 1 aliphatic heterocycles. The zero-order chi connectivity index (χ0) is 15.4. The normalized spacial score (nSPS) is 17.6. The molecule has 1 aromatic heterocycles. The van der Waals surface area contributed by atoms with Gasteiger partial charge in [0, 0.05) is 38.9 Å². The van der Waals surface area contributed by atoms with Gasteiger partial charge in [0.25, 0.3) is 0 Å². The summed E-state index contributed by atoms with van der Waals surface area (Å²) in [5.74, 6) is 0. The van der Waals surface area contributed by atoms with Crippen LogP contribution in [-0.4, -0.2) is 65.3 Å². The van der Waals surface area contributed by atoms with Gasteiger partial charge in [0.05, 0.1) is 17.6 Å². The number of hydrogen-bond donors (Lipinski definition) is 0. The Morgan fingerprint density at radius 1 is 1.00 bits per heavy atom. The second-order valence-electron chi connectivity index (χ2n) is 5.22. The Morgan fingerprint density at radius 2 is 1.73 bits per heavy atom. The Labute approximate surface area is 130 Å². The molecule has 118 valence electrons. The molecule has 1 saturated heterocycles. The zero-order valence-corrected chi connectivity index (χ0v) is 13.1. The lowest BCUT2D eigenvalue weighted by atomic mass is 10.3. The Hall–Kier alpha value is -1.77. The predicted molar refractivity (Wildman–Crippen MR) is 81.7 cm³/mol. The maximum atomic E-state index is 12.5. The fourth-order valence-corrected chi connectivity index (χ4v) is 3.97. The fourth-order valence-electron chi connectivity index (χ4n) is 2.53. The average Bonchev–Trinajstić information content (AvgIpc) is 3.08. The first kappa shape index (κ1) is 15.1. The predicted octanol–water partition coefficient (Wildman–Crippen LogP) is 0.285. The molecule has 1 aromatic carbocycles. The molecule has 0 aliphatic carbocycles. The minimum atomic E-state index is -3.36. The molecule has 1 fully saturated rings. The summed E-state index contributed by atoms with van der Waals surface area (Å²) >= 11 is 0. The summed E-state index contributed by atoms with van der Waals surface area (Å²) < 4.78 is 28.4. The summed E-state index contributed by atoms with van der Waals surface area (Å²) in [6.07, 6.45) is 3.49. The highest BCUT2D eigenvalue weighted by atomic mass is 32.2. The van der Waals surface area contributed by atoms with Gasteiger partial charge in [-0.3, -0.25) is 9.58 Å². The second kappa shape index (κ2) is 6.55. The third-order valence-electron chi connectivity index (χ3n) is 3.83. The van der Waals surface area contributed by atoms with Crippen LogP contribution < -0.4 is 0 Å². The van der Waals surface area contributed by atoms with E-state index in [9.17, 15) is 8.42 Å². The van der Waals surface area contributed by atoms with Gasteiger partial charge in [-0.25, -0.2) is 8.42 Å². The van der Waals surface area contributed by atoms with E-state index >= 15 is 0 Å². The number of piperazine rings is 1. The van der Waals surface area contributed by atoms with Gasteiger partial charge in [-0.05, 0) is 12.1 Å². The molecule has 0 atom stereocenters. The minimum Gasteiger partial charge on any atom is -0.299 e. The monoisotopic (exact) mass is 321 g/mol. The highest BCUT2D eigenvalue weighted by molar-refractivity contribution is 7.89. The van der Waals surface area contributed by atoms with E-state index in [4.69, 9.17) is 0 Å². The van der Waals surface area contributed by atoms with Crippen LogP contribution in [0.5, 0.6) is 0 Å². The number of benzene rings is 1. The Morgan fingerprint density at radius 3 is 2.36 bits per heavy atom. The molecule has 0 amide bonds. The molecular formula is C14H19N5O2S. The van der Waals surface area contributed by atoms with Gasteiger partial charge in [-0.2, -0.15) is 4.31 Å². The topological polar surface area (TPSA) is 71.3 Å². The van der Waals surface area contributed by atoms with Gasteiger partial charge in [-0.15, -0.1) is 5.10 Å². The van der Waals surface area contributed by atoms with Crippen LogP contribution in [0.3, 0.4) is 0 Å². The molecule has 22 heavy (non-hydrogen) atoms. The number of hydrogen-bond acceptors (Lipinski definition) is 5. The zero-order valence-electron chi connectivity index (χ0n) is 12.2. The fraction of sp³-hybridized carbons (Fsp3) is 0.429. The molecule has 0 saturated carbocycles. The van der Waals surface area contributed by atoms with Gasteiger partial charge in [0.2, 0.25) is 10.0 Å². The van der Waals surface area contributed by atoms with Crippen molar-refractivity contribution in [1.29, 1.82) is 0 Å². The summed E-state index contributed by atoms with van der Waals surface area (Å²) in [7, 11) is -3.36. The van der Waals surface area contributed by atoms with Crippen molar-refractivity contribution in [1.82, 2.24) is 24.2 Å². The SMILES string of the molecule is O=S(=O)(c1ccccc1)N1CCN(CCn2ccnn2)CC1. The highest BCUT2D eigenvalue weighted by Gasteiger charge is 2.28. The van der Waals surface area contributed by atoms with Crippen LogP contribution in [0.25, 0.3) is 0 Å². The van der Waals surface area contributed by atoms with E-state index in [1.54, 1.807) is 39.4 Å². The van der Waals surface area contributed by atoms with Gasteiger partial charge in [0.1, 0.15) is 0 Å². The summed E-state index contributed by atoms with van der Waals surface area (Å²) in [6.45, 7) is 4.14. The molecule has 0 bridgehead atoms. The molecule has 0 unspecified atom stereocenters. The van der Waals surface area contributed by atoms with E-state index in [0.717, 1.165) is 26.2 Å². The first-order chi connectivity index (χ1) is 10.7. The largest absolute Gasteiger partial charge is 0.299 e. The van der Waals surface area contributed by atoms with E-state index < -0.39 is 10.0 Å². The molecule has 8 heteroatoms. The van der Waals surface area contributed by atoms with Crippen molar-refractivity contribution in [3.8, 4) is 0 Å². The van der Waals surface area contributed by atoms with Crippen molar-refractivity contribution in [2.45, 2.75) is 11.4 Å². The summed E-state index contributed by atoms with van der Waals surface area (Å²) in [6, 6.07) is 8.61. The molecular weight excluding hydrogens is 302 g/mol. The van der Waals surface area contributed by atoms with Crippen molar-refractivity contribution in [2.75, 3.05) is 32.7 Å². The maximum Gasteiger partial charge on any atom is 0.243 e. The molecule has 0 N–H and O–H groups in total. The Bertz CT molecular complexity index is 679. The third-order valence-corrected chi connectivity index (χ3v) is 5.74. The molecule has 0 spiro atoms. The van der Waals surface area contributed by atoms with Gasteiger partial charge >= 0.3 is 0 Å². The van der Waals surface area contributed by atoms with Gasteiger partial charge in [-0.1, -0.05) is 23.4 Å². The van der Waals surface area contributed by atoms with Crippen LogP contribution in [0, 0.1) is 0 Å². The third kappa shape index (κ3) is 3.34. The van der Waals surface area contributed by atoms with Crippen molar-refractivity contribution < 1.29 is 8.42 Å². The standard InChI is InChI=1S/C14H19N5O2S/c20-22(21,14-4-2-1-3-5-14)19-12-9-17(10-13-19)8-11-18-7-6-15-16-18/h1-7H,8-13H2. The molecule has 0 radical (unpaired) electrons. The van der Waals surface area contributed by atoms with Crippen molar-refractivity contribution in [2.24, 2.45) is 0 Å². The second-order valence-corrected chi connectivity index (χ2v) is 7.16. The lowest BCUT2D eigenvalue weighted by Gasteiger charge is -2.33. The Balaban J connectivity index is 1.55. The van der Waals surface area contributed by atoms with Gasteiger partial charge < -0.3 is 0 Å². The van der Waals surface area contributed by atoms with Crippen molar-refractivity contribution >= 4 is 10.0 Å². The number of rotatable bonds is 5. The molecule has 2 aromatic rings. The first-order valence-corrected chi connectivity index (χ1v) is 8.72. The lowest BCUT2D eigenvalue weighted by molar-refractivity contribution is 0.180. The maximum absolute atomic E-state index is 12.5. The highest BCUT2D eigenvalue weighted by Crippen LogP contribution is 2.17. The smallest absolute Gasteiger partial charge is 0.243 e. The van der Waals surface area contributed by atoms with Crippen molar-refractivity contribution in [3.63, 3.8) is 0 Å². The average molecular weight is 321 g/mol. The summed E-state index contributed by atoms with van der Waals surface area (Å²) in [5.41, 5.74) is 0. The van der Waals surface area contributed by atoms with Crippen LogP contribution in [0.2, 0.25) is 0 Å².